The summed E-state index contributed by atoms with van der Waals surface area (Å²) >= 11 is 0. The second-order valence-electron chi connectivity index (χ2n) is 6.10. The Labute approximate surface area is 147 Å². The molecule has 1 aromatic heterocycles. The molecule has 0 aliphatic carbocycles. The first-order valence-electron chi connectivity index (χ1n) is 8.44. The number of benzene rings is 1. The molecule has 1 fully saturated rings. The Morgan fingerprint density at radius 1 is 1.20 bits per heavy atom. The van der Waals surface area contributed by atoms with E-state index in [1.807, 2.05) is 12.3 Å². The fourth-order valence-electron chi connectivity index (χ4n) is 2.99. The van der Waals surface area contributed by atoms with Crippen LogP contribution in [0.15, 0.2) is 48.8 Å². The number of aromatic nitrogens is 1. The molecule has 0 radical (unpaired) electrons. The summed E-state index contributed by atoms with van der Waals surface area (Å²) < 4.78 is 18.8. The Morgan fingerprint density at radius 2 is 1.96 bits per heavy atom. The molecule has 1 saturated heterocycles. The molecule has 6 heteroatoms. The molecule has 1 unspecified atom stereocenters. The molecule has 0 saturated carbocycles. The molecule has 0 N–H and O–H groups in total. The highest BCUT2D eigenvalue weighted by Crippen LogP contribution is 2.21. The number of hydrogen-bond acceptors (Lipinski definition) is 4. The highest BCUT2D eigenvalue weighted by atomic mass is 19.1. The number of piperazine rings is 1. The maximum absolute atomic E-state index is 13.5. The predicted octanol–water partition coefficient (Wildman–Crippen LogP) is 2.50. The van der Waals surface area contributed by atoms with Gasteiger partial charge in [-0.2, -0.15) is 0 Å². The molecule has 25 heavy (non-hydrogen) atoms. The van der Waals surface area contributed by atoms with Crippen LogP contribution in [-0.2, 0) is 4.79 Å². The third-order valence-electron chi connectivity index (χ3n) is 4.57. The van der Waals surface area contributed by atoms with E-state index >= 15 is 0 Å². The smallest absolute Gasteiger partial charge is 0.260 e. The van der Waals surface area contributed by atoms with Gasteiger partial charge in [-0.15, -0.1) is 0 Å². The number of nitrogens with zero attached hydrogens (tertiary/aromatic N) is 3. The van der Waals surface area contributed by atoms with Crippen LogP contribution >= 0.6 is 0 Å². The van der Waals surface area contributed by atoms with Gasteiger partial charge in [0.1, 0.15) is 0 Å². The minimum Gasteiger partial charge on any atom is -0.481 e. The van der Waals surface area contributed by atoms with Gasteiger partial charge in [0.05, 0.1) is 0 Å². The van der Waals surface area contributed by atoms with Crippen molar-refractivity contribution in [1.29, 1.82) is 0 Å². The van der Waals surface area contributed by atoms with E-state index in [9.17, 15) is 9.18 Å². The topological polar surface area (TPSA) is 45.7 Å². The number of ether oxygens (including phenoxy) is 1. The Balaban J connectivity index is 1.48. The van der Waals surface area contributed by atoms with Crippen molar-refractivity contribution in [2.75, 3.05) is 32.8 Å². The van der Waals surface area contributed by atoms with Crippen molar-refractivity contribution in [2.24, 2.45) is 0 Å². The standard InChI is InChI=1S/C19H22FN3O2/c1-15(16-5-4-8-21-13-16)22-9-11-23(12-10-22)19(24)14-25-18-7-3-2-6-17(18)20/h2-8,13,15H,9-12,14H2,1H3. The summed E-state index contributed by atoms with van der Waals surface area (Å²) in [7, 11) is 0. The Morgan fingerprint density at radius 3 is 2.64 bits per heavy atom. The zero-order chi connectivity index (χ0) is 17.6. The molecule has 1 aliphatic rings. The average molecular weight is 343 g/mol. The van der Waals surface area contributed by atoms with E-state index < -0.39 is 5.82 Å². The number of carbonyl (C=O) groups is 1. The largest absolute Gasteiger partial charge is 0.481 e. The summed E-state index contributed by atoms with van der Waals surface area (Å²) in [6.07, 6.45) is 3.65. The van der Waals surface area contributed by atoms with Crippen LogP contribution in [0.3, 0.4) is 0 Å². The van der Waals surface area contributed by atoms with Gasteiger partial charge < -0.3 is 9.64 Å². The fraction of sp³-hybridized carbons (Fsp3) is 0.368. The predicted molar refractivity (Wildman–Crippen MR) is 92.7 cm³/mol. The average Bonchev–Trinajstić information content (AvgIpc) is 2.67. The molecular weight excluding hydrogens is 321 g/mol. The van der Waals surface area contributed by atoms with Crippen molar-refractivity contribution >= 4 is 5.91 Å². The molecule has 1 aliphatic heterocycles. The van der Waals surface area contributed by atoms with Gasteiger partial charge in [-0.05, 0) is 30.7 Å². The van der Waals surface area contributed by atoms with Crippen molar-refractivity contribution < 1.29 is 13.9 Å². The lowest BCUT2D eigenvalue weighted by molar-refractivity contribution is -0.135. The van der Waals surface area contributed by atoms with Crippen LogP contribution in [0.25, 0.3) is 0 Å². The van der Waals surface area contributed by atoms with E-state index in [0.29, 0.717) is 13.1 Å². The first-order chi connectivity index (χ1) is 12.1. The lowest BCUT2D eigenvalue weighted by Gasteiger charge is -2.38. The molecule has 1 atom stereocenters. The van der Waals surface area contributed by atoms with Crippen LogP contribution in [0.4, 0.5) is 4.39 Å². The summed E-state index contributed by atoms with van der Waals surface area (Å²) in [6.45, 7) is 4.88. The Hall–Kier alpha value is -2.47. The van der Waals surface area contributed by atoms with Crippen LogP contribution in [0.2, 0.25) is 0 Å². The lowest BCUT2D eigenvalue weighted by atomic mass is 10.1. The first kappa shape index (κ1) is 17.4. The molecule has 0 spiro atoms. The SMILES string of the molecule is CC(c1cccnc1)N1CCN(C(=O)COc2ccccc2F)CC1. The van der Waals surface area contributed by atoms with Gasteiger partial charge in [-0.25, -0.2) is 4.39 Å². The molecule has 3 rings (SSSR count). The van der Waals surface area contributed by atoms with Gasteiger partial charge in [-0.3, -0.25) is 14.7 Å². The molecule has 0 bridgehead atoms. The van der Waals surface area contributed by atoms with Crippen LogP contribution in [0.5, 0.6) is 5.75 Å². The number of halogens is 1. The monoisotopic (exact) mass is 343 g/mol. The van der Waals surface area contributed by atoms with Crippen molar-refractivity contribution in [3.63, 3.8) is 0 Å². The molecule has 2 heterocycles. The summed E-state index contributed by atoms with van der Waals surface area (Å²) in [5.74, 6) is -0.456. The molecular formula is C19H22FN3O2. The third kappa shape index (κ3) is 4.33. The fourth-order valence-corrected chi connectivity index (χ4v) is 2.99. The van der Waals surface area contributed by atoms with E-state index in [2.05, 4.69) is 22.9 Å². The minimum absolute atomic E-state index is 0.111. The van der Waals surface area contributed by atoms with Gasteiger partial charge >= 0.3 is 0 Å². The van der Waals surface area contributed by atoms with Gasteiger partial charge in [0, 0.05) is 44.6 Å². The van der Waals surface area contributed by atoms with E-state index in [4.69, 9.17) is 4.74 Å². The maximum Gasteiger partial charge on any atom is 0.260 e. The third-order valence-corrected chi connectivity index (χ3v) is 4.57. The quantitative estimate of drug-likeness (QED) is 0.837. The highest BCUT2D eigenvalue weighted by molar-refractivity contribution is 5.77. The zero-order valence-electron chi connectivity index (χ0n) is 14.3. The van der Waals surface area contributed by atoms with Gasteiger partial charge in [0.25, 0.3) is 5.91 Å². The number of carbonyl (C=O) groups excluding carboxylic acids is 1. The normalized spacial score (nSPS) is 16.5. The Bertz CT molecular complexity index is 703. The first-order valence-corrected chi connectivity index (χ1v) is 8.44. The second-order valence-corrected chi connectivity index (χ2v) is 6.10. The maximum atomic E-state index is 13.5. The number of rotatable bonds is 5. The van der Waals surface area contributed by atoms with Crippen molar-refractivity contribution in [3.8, 4) is 5.75 Å². The molecule has 1 aromatic carbocycles. The van der Waals surface area contributed by atoms with Crippen molar-refractivity contribution in [3.05, 3.63) is 60.2 Å². The van der Waals surface area contributed by atoms with Crippen LogP contribution in [0.1, 0.15) is 18.5 Å². The van der Waals surface area contributed by atoms with Gasteiger partial charge in [0.15, 0.2) is 18.2 Å². The second kappa shape index (κ2) is 8.07. The molecule has 5 nitrogen and oxygen atoms in total. The number of hydrogen-bond donors (Lipinski definition) is 0. The van der Waals surface area contributed by atoms with Crippen LogP contribution < -0.4 is 4.74 Å². The van der Waals surface area contributed by atoms with Crippen LogP contribution in [0, 0.1) is 5.82 Å². The summed E-state index contributed by atoms with van der Waals surface area (Å²) in [5.41, 5.74) is 1.17. The molecule has 1 amide bonds. The highest BCUT2D eigenvalue weighted by Gasteiger charge is 2.25. The summed E-state index contributed by atoms with van der Waals surface area (Å²) in [5, 5.41) is 0. The van der Waals surface area contributed by atoms with E-state index in [1.54, 1.807) is 23.2 Å². The number of amides is 1. The Kier molecular flexibility index (Phi) is 5.60. The summed E-state index contributed by atoms with van der Waals surface area (Å²) in [4.78, 5) is 20.5. The lowest BCUT2D eigenvalue weighted by Crippen LogP contribution is -2.50. The van der Waals surface area contributed by atoms with E-state index in [1.165, 1.54) is 17.7 Å². The minimum atomic E-state index is -0.453. The van der Waals surface area contributed by atoms with Gasteiger partial charge in [-0.1, -0.05) is 18.2 Å². The van der Waals surface area contributed by atoms with E-state index in [-0.39, 0.29) is 24.3 Å². The molecule has 2 aromatic rings. The zero-order valence-corrected chi connectivity index (χ0v) is 14.3. The van der Waals surface area contributed by atoms with Crippen molar-refractivity contribution in [2.45, 2.75) is 13.0 Å². The van der Waals surface area contributed by atoms with Crippen molar-refractivity contribution in [1.82, 2.24) is 14.8 Å². The van der Waals surface area contributed by atoms with Crippen LogP contribution in [-0.4, -0.2) is 53.5 Å². The number of para-hydroxylation sites is 1. The van der Waals surface area contributed by atoms with Gasteiger partial charge in [0.2, 0.25) is 0 Å². The summed E-state index contributed by atoms with van der Waals surface area (Å²) in [6, 6.07) is 10.4. The van der Waals surface area contributed by atoms with E-state index in [0.717, 1.165) is 13.1 Å². The molecule has 132 valence electrons. The number of pyridine rings is 1.